The average Bonchev–Trinajstić information content (AvgIpc) is 2.40. The summed E-state index contributed by atoms with van der Waals surface area (Å²) >= 11 is 0. The minimum Gasteiger partial charge on any atom is -0.394 e. The quantitative estimate of drug-likeness (QED) is 0.424. The van der Waals surface area contributed by atoms with Gasteiger partial charge < -0.3 is 10.2 Å². The first-order valence-electron chi connectivity index (χ1n) is 7.62. The van der Waals surface area contributed by atoms with Crippen LogP contribution in [0.3, 0.4) is 0 Å². The summed E-state index contributed by atoms with van der Waals surface area (Å²) < 4.78 is 0. The Balaban J connectivity index is 0. The number of rotatable bonds is 11. The van der Waals surface area contributed by atoms with Crippen LogP contribution in [-0.2, 0) is 0 Å². The molecule has 0 aromatic rings. The highest BCUT2D eigenvalue weighted by Gasteiger charge is 1.99. The van der Waals surface area contributed by atoms with E-state index in [1.54, 1.807) is 0 Å². The molecule has 0 aliphatic carbocycles. The molecule has 2 N–H and O–H groups in total. The van der Waals surface area contributed by atoms with E-state index in [9.17, 15) is 0 Å². The van der Waals surface area contributed by atoms with Crippen molar-refractivity contribution >= 4 is 0 Å². The summed E-state index contributed by atoms with van der Waals surface area (Å²) in [7, 11) is 0. The highest BCUT2D eigenvalue weighted by Crippen LogP contribution is 2.04. The van der Waals surface area contributed by atoms with Crippen molar-refractivity contribution in [3.8, 4) is 0 Å². The molecular weight excluding hydrogens is 224 g/mol. The van der Waals surface area contributed by atoms with Crippen molar-refractivity contribution in [1.29, 1.82) is 0 Å². The van der Waals surface area contributed by atoms with Crippen LogP contribution in [0.2, 0.25) is 0 Å². The first kappa shape index (κ1) is 20.0. The molecule has 110 valence electrons. The summed E-state index contributed by atoms with van der Waals surface area (Å²) in [4.78, 5) is 0. The number of allylic oxidation sites excluding steroid dienone is 1. The van der Waals surface area contributed by atoms with Gasteiger partial charge in [-0.2, -0.15) is 0 Å². The van der Waals surface area contributed by atoms with Gasteiger partial charge >= 0.3 is 0 Å². The smallest absolute Gasteiger partial charge is 0.0770 e. The van der Waals surface area contributed by atoms with Gasteiger partial charge in [0.05, 0.1) is 12.7 Å². The van der Waals surface area contributed by atoms with Crippen LogP contribution in [-0.4, -0.2) is 22.9 Å². The van der Waals surface area contributed by atoms with Crippen molar-refractivity contribution in [1.82, 2.24) is 0 Å². The summed E-state index contributed by atoms with van der Waals surface area (Å²) in [6, 6.07) is 0. The Morgan fingerprint density at radius 2 is 1.50 bits per heavy atom. The maximum absolute atomic E-state index is 8.91. The van der Waals surface area contributed by atoms with Gasteiger partial charge in [0.25, 0.3) is 0 Å². The summed E-state index contributed by atoms with van der Waals surface area (Å²) in [6.45, 7) is 7.95. The standard InChI is InChI=1S/C8H18O2.C8H16/c1-2-3-4-5-6-8(10)7-9;1-3-5-7-8-6-4-2/h8-10H,2-7H2,1H3;3H,1,4-8H2,2H3. The van der Waals surface area contributed by atoms with Crippen molar-refractivity contribution in [3.63, 3.8) is 0 Å². The Morgan fingerprint density at radius 3 is 1.94 bits per heavy atom. The normalized spacial score (nSPS) is 11.6. The van der Waals surface area contributed by atoms with Gasteiger partial charge in [0, 0.05) is 0 Å². The Morgan fingerprint density at radius 1 is 0.944 bits per heavy atom. The van der Waals surface area contributed by atoms with E-state index in [4.69, 9.17) is 10.2 Å². The van der Waals surface area contributed by atoms with Gasteiger partial charge in [-0.3, -0.25) is 0 Å². The van der Waals surface area contributed by atoms with Crippen LogP contribution < -0.4 is 0 Å². The number of unbranched alkanes of at least 4 members (excludes halogenated alkanes) is 7. The topological polar surface area (TPSA) is 40.5 Å². The van der Waals surface area contributed by atoms with Gasteiger partial charge in [0.2, 0.25) is 0 Å². The third-order valence-electron chi connectivity index (χ3n) is 2.86. The summed E-state index contributed by atoms with van der Waals surface area (Å²) in [6.07, 6.45) is 13.5. The Labute approximate surface area is 114 Å². The molecule has 0 saturated heterocycles. The van der Waals surface area contributed by atoms with Crippen LogP contribution in [0.5, 0.6) is 0 Å². The summed E-state index contributed by atoms with van der Waals surface area (Å²) in [5.74, 6) is 0. The van der Waals surface area contributed by atoms with Crippen LogP contribution in [0, 0.1) is 0 Å². The minimum absolute atomic E-state index is 0.0911. The molecule has 0 rings (SSSR count). The molecule has 0 aromatic heterocycles. The van der Waals surface area contributed by atoms with E-state index in [1.165, 1.54) is 51.4 Å². The van der Waals surface area contributed by atoms with E-state index < -0.39 is 6.10 Å². The van der Waals surface area contributed by atoms with Crippen LogP contribution in [0.15, 0.2) is 12.7 Å². The summed E-state index contributed by atoms with van der Waals surface area (Å²) in [5.41, 5.74) is 0. The largest absolute Gasteiger partial charge is 0.394 e. The monoisotopic (exact) mass is 258 g/mol. The van der Waals surface area contributed by atoms with E-state index in [1.807, 2.05) is 6.08 Å². The van der Waals surface area contributed by atoms with E-state index in [0.717, 1.165) is 12.8 Å². The van der Waals surface area contributed by atoms with E-state index in [2.05, 4.69) is 20.4 Å². The molecule has 0 bridgehead atoms. The van der Waals surface area contributed by atoms with Gasteiger partial charge in [0.15, 0.2) is 0 Å². The van der Waals surface area contributed by atoms with Crippen molar-refractivity contribution in [3.05, 3.63) is 12.7 Å². The zero-order valence-electron chi connectivity index (χ0n) is 12.5. The Hall–Kier alpha value is -0.340. The molecule has 0 radical (unpaired) electrons. The predicted molar refractivity (Wildman–Crippen MR) is 80.8 cm³/mol. The molecule has 1 atom stereocenters. The molecule has 1 unspecified atom stereocenters. The lowest BCUT2D eigenvalue weighted by molar-refractivity contribution is 0.0860. The number of hydrogen-bond acceptors (Lipinski definition) is 2. The van der Waals surface area contributed by atoms with Crippen molar-refractivity contribution in [2.24, 2.45) is 0 Å². The second kappa shape index (κ2) is 19.0. The molecule has 0 spiro atoms. The van der Waals surface area contributed by atoms with E-state index >= 15 is 0 Å². The first-order chi connectivity index (χ1) is 8.72. The van der Waals surface area contributed by atoms with Gasteiger partial charge in [-0.1, -0.05) is 64.9 Å². The van der Waals surface area contributed by atoms with Crippen LogP contribution in [0.25, 0.3) is 0 Å². The maximum atomic E-state index is 8.91. The van der Waals surface area contributed by atoms with Crippen LogP contribution >= 0.6 is 0 Å². The maximum Gasteiger partial charge on any atom is 0.0770 e. The van der Waals surface area contributed by atoms with Crippen molar-refractivity contribution < 1.29 is 10.2 Å². The SMILES string of the molecule is C=CCCCCCC.CCCCCCC(O)CO. The van der Waals surface area contributed by atoms with Crippen LogP contribution in [0.1, 0.15) is 78.1 Å². The number of aliphatic hydroxyl groups excluding tert-OH is 2. The lowest BCUT2D eigenvalue weighted by Gasteiger charge is -2.04. The molecule has 0 aromatic carbocycles. The molecule has 0 saturated carbocycles. The molecule has 2 heteroatoms. The van der Waals surface area contributed by atoms with Crippen molar-refractivity contribution in [2.75, 3.05) is 6.61 Å². The molecule has 0 amide bonds. The third-order valence-corrected chi connectivity index (χ3v) is 2.86. The first-order valence-corrected chi connectivity index (χ1v) is 7.62. The Kier molecular flexibility index (Phi) is 21.1. The highest BCUT2D eigenvalue weighted by molar-refractivity contribution is 4.65. The van der Waals surface area contributed by atoms with Crippen LogP contribution in [0.4, 0.5) is 0 Å². The molecule has 18 heavy (non-hydrogen) atoms. The average molecular weight is 258 g/mol. The highest BCUT2D eigenvalue weighted by atomic mass is 16.3. The number of aliphatic hydroxyl groups is 2. The van der Waals surface area contributed by atoms with E-state index in [-0.39, 0.29) is 6.61 Å². The lowest BCUT2D eigenvalue weighted by Crippen LogP contribution is -2.10. The predicted octanol–water partition coefficient (Wildman–Crippen LogP) is 4.45. The number of hydrogen-bond donors (Lipinski definition) is 2. The van der Waals surface area contributed by atoms with Gasteiger partial charge in [0.1, 0.15) is 0 Å². The Bertz CT molecular complexity index is 146. The molecule has 0 aliphatic rings. The van der Waals surface area contributed by atoms with Crippen molar-refractivity contribution in [2.45, 2.75) is 84.2 Å². The van der Waals surface area contributed by atoms with Gasteiger partial charge in [-0.15, -0.1) is 6.58 Å². The zero-order chi connectivity index (χ0) is 14.1. The second-order valence-electron chi connectivity index (χ2n) is 4.82. The minimum atomic E-state index is -0.489. The summed E-state index contributed by atoms with van der Waals surface area (Å²) in [5, 5.41) is 17.3. The van der Waals surface area contributed by atoms with E-state index in [0.29, 0.717) is 0 Å². The van der Waals surface area contributed by atoms with Gasteiger partial charge in [-0.05, 0) is 19.3 Å². The second-order valence-corrected chi connectivity index (χ2v) is 4.82. The fourth-order valence-corrected chi connectivity index (χ4v) is 1.61. The molecule has 0 fully saturated rings. The fraction of sp³-hybridized carbons (Fsp3) is 0.875. The molecule has 2 nitrogen and oxygen atoms in total. The molecular formula is C16H34O2. The third kappa shape index (κ3) is 21.0. The fourth-order valence-electron chi connectivity index (χ4n) is 1.61. The molecule has 0 aliphatic heterocycles. The zero-order valence-corrected chi connectivity index (χ0v) is 12.5. The molecule has 0 heterocycles. The van der Waals surface area contributed by atoms with Gasteiger partial charge in [-0.25, -0.2) is 0 Å². The lowest BCUT2D eigenvalue weighted by atomic mass is 10.1.